The number of thioether (sulfide) groups is 1. The van der Waals surface area contributed by atoms with Crippen LogP contribution in [0.3, 0.4) is 0 Å². The van der Waals surface area contributed by atoms with Gasteiger partial charge in [-0.3, -0.25) is 0 Å². The first-order valence-corrected chi connectivity index (χ1v) is 7.85. The van der Waals surface area contributed by atoms with Crippen LogP contribution < -0.4 is 4.90 Å². The SMILES string of the molecule is CCSC1CCCCN(c2ccc(C#N)cc2F)C1. The van der Waals surface area contributed by atoms with Gasteiger partial charge in [0.2, 0.25) is 0 Å². The molecular formula is C15H19FN2S. The van der Waals surface area contributed by atoms with Crippen LogP contribution in [0.1, 0.15) is 31.7 Å². The van der Waals surface area contributed by atoms with Crippen molar-refractivity contribution in [1.82, 2.24) is 0 Å². The Morgan fingerprint density at radius 1 is 1.47 bits per heavy atom. The molecule has 1 aromatic rings. The molecule has 1 atom stereocenters. The van der Waals surface area contributed by atoms with E-state index in [-0.39, 0.29) is 5.82 Å². The lowest BCUT2D eigenvalue weighted by Gasteiger charge is -2.26. The van der Waals surface area contributed by atoms with Crippen LogP contribution in [0, 0.1) is 17.1 Å². The Labute approximate surface area is 118 Å². The topological polar surface area (TPSA) is 27.0 Å². The lowest BCUT2D eigenvalue weighted by molar-refractivity contribution is 0.617. The summed E-state index contributed by atoms with van der Waals surface area (Å²) in [5, 5.41) is 9.37. The Morgan fingerprint density at radius 3 is 3.00 bits per heavy atom. The molecule has 1 aliphatic rings. The van der Waals surface area contributed by atoms with Crippen LogP contribution >= 0.6 is 11.8 Å². The van der Waals surface area contributed by atoms with Gasteiger partial charge in [0.05, 0.1) is 17.3 Å². The number of rotatable bonds is 3. The number of nitriles is 1. The monoisotopic (exact) mass is 278 g/mol. The standard InChI is InChI=1S/C15H19FN2S/c1-2-19-13-5-3-4-8-18(11-13)15-7-6-12(10-17)9-14(15)16/h6-7,9,13H,2-5,8,11H2,1H3. The molecule has 2 nitrogen and oxygen atoms in total. The second kappa shape index (κ2) is 6.81. The van der Waals surface area contributed by atoms with Gasteiger partial charge in [0.15, 0.2) is 0 Å². The fourth-order valence-electron chi connectivity index (χ4n) is 2.53. The average Bonchev–Trinajstić information content (AvgIpc) is 2.64. The van der Waals surface area contributed by atoms with Crippen LogP contribution in [0.2, 0.25) is 0 Å². The van der Waals surface area contributed by atoms with E-state index in [1.165, 1.54) is 18.9 Å². The van der Waals surface area contributed by atoms with Crippen LogP contribution in [0.15, 0.2) is 18.2 Å². The Morgan fingerprint density at radius 2 is 2.32 bits per heavy atom. The molecule has 1 unspecified atom stereocenters. The molecule has 0 N–H and O–H groups in total. The molecule has 0 bridgehead atoms. The van der Waals surface area contributed by atoms with Crippen molar-refractivity contribution in [3.8, 4) is 6.07 Å². The van der Waals surface area contributed by atoms with Crippen LogP contribution in [0.4, 0.5) is 10.1 Å². The molecule has 102 valence electrons. The van der Waals surface area contributed by atoms with E-state index < -0.39 is 0 Å². The summed E-state index contributed by atoms with van der Waals surface area (Å²) in [4.78, 5) is 2.14. The minimum atomic E-state index is -0.277. The van der Waals surface area contributed by atoms with Crippen molar-refractivity contribution in [3.05, 3.63) is 29.6 Å². The van der Waals surface area contributed by atoms with Crippen molar-refractivity contribution < 1.29 is 4.39 Å². The molecule has 4 heteroatoms. The maximum atomic E-state index is 14.1. The van der Waals surface area contributed by atoms with E-state index in [0.717, 1.165) is 25.3 Å². The highest BCUT2D eigenvalue weighted by Crippen LogP contribution is 2.27. The highest BCUT2D eigenvalue weighted by atomic mass is 32.2. The molecule has 0 spiro atoms. The normalized spacial score (nSPS) is 19.8. The van der Waals surface area contributed by atoms with Gasteiger partial charge >= 0.3 is 0 Å². The molecule has 1 aliphatic heterocycles. The fourth-order valence-corrected chi connectivity index (χ4v) is 3.62. The maximum absolute atomic E-state index is 14.1. The average molecular weight is 278 g/mol. The Hall–Kier alpha value is -1.21. The summed E-state index contributed by atoms with van der Waals surface area (Å²) in [6.45, 7) is 3.98. The first-order valence-electron chi connectivity index (χ1n) is 6.80. The Balaban J connectivity index is 2.17. The lowest BCUT2D eigenvalue weighted by Crippen LogP contribution is -2.30. The number of hydrogen-bond donors (Lipinski definition) is 0. The summed E-state index contributed by atoms with van der Waals surface area (Å²) < 4.78 is 14.1. The Kier molecular flexibility index (Phi) is 5.09. The molecule has 0 aliphatic carbocycles. The Bertz CT molecular complexity index is 470. The summed E-state index contributed by atoms with van der Waals surface area (Å²) in [7, 11) is 0. The molecule has 0 saturated carbocycles. The zero-order chi connectivity index (χ0) is 13.7. The smallest absolute Gasteiger partial charge is 0.147 e. The van der Waals surface area contributed by atoms with E-state index in [2.05, 4.69) is 11.8 Å². The van der Waals surface area contributed by atoms with Gasteiger partial charge in [-0.25, -0.2) is 4.39 Å². The van der Waals surface area contributed by atoms with Crippen LogP contribution in [0.5, 0.6) is 0 Å². The highest BCUT2D eigenvalue weighted by Gasteiger charge is 2.20. The van der Waals surface area contributed by atoms with E-state index in [0.29, 0.717) is 16.5 Å². The van der Waals surface area contributed by atoms with Gasteiger partial charge in [-0.2, -0.15) is 17.0 Å². The number of halogens is 1. The molecule has 0 amide bonds. The summed E-state index contributed by atoms with van der Waals surface area (Å²) in [6, 6.07) is 6.75. The van der Waals surface area contributed by atoms with Gasteiger partial charge in [0, 0.05) is 18.3 Å². The predicted molar refractivity (Wildman–Crippen MR) is 79.1 cm³/mol. The highest BCUT2D eigenvalue weighted by molar-refractivity contribution is 7.99. The van der Waals surface area contributed by atoms with E-state index in [1.807, 2.05) is 17.8 Å². The molecule has 0 aromatic heterocycles. The third kappa shape index (κ3) is 3.63. The van der Waals surface area contributed by atoms with Gasteiger partial charge < -0.3 is 4.90 Å². The third-order valence-corrected chi connectivity index (χ3v) is 4.64. The molecule has 1 heterocycles. The van der Waals surface area contributed by atoms with E-state index in [1.54, 1.807) is 12.1 Å². The molecule has 1 aromatic carbocycles. The molecule has 0 radical (unpaired) electrons. The van der Waals surface area contributed by atoms with E-state index in [9.17, 15) is 4.39 Å². The van der Waals surface area contributed by atoms with E-state index in [4.69, 9.17) is 5.26 Å². The molecule has 19 heavy (non-hydrogen) atoms. The lowest BCUT2D eigenvalue weighted by atomic mass is 10.2. The maximum Gasteiger partial charge on any atom is 0.147 e. The summed E-state index contributed by atoms with van der Waals surface area (Å²) in [6.07, 6.45) is 3.54. The molecule has 1 saturated heterocycles. The predicted octanol–water partition coefficient (Wildman–Crippen LogP) is 3.81. The largest absolute Gasteiger partial charge is 0.368 e. The minimum Gasteiger partial charge on any atom is -0.368 e. The van der Waals surface area contributed by atoms with Gasteiger partial charge in [0.1, 0.15) is 5.82 Å². The molecule has 1 fully saturated rings. The van der Waals surface area contributed by atoms with Crippen LogP contribution in [-0.2, 0) is 0 Å². The minimum absolute atomic E-state index is 0.277. The first kappa shape index (κ1) is 14.2. The summed E-state index contributed by atoms with van der Waals surface area (Å²) in [5.74, 6) is 0.829. The summed E-state index contributed by atoms with van der Waals surface area (Å²) >= 11 is 1.96. The quantitative estimate of drug-likeness (QED) is 0.841. The van der Waals surface area contributed by atoms with Gasteiger partial charge in [-0.15, -0.1) is 0 Å². The second-order valence-electron chi connectivity index (χ2n) is 4.80. The second-order valence-corrected chi connectivity index (χ2v) is 6.37. The van der Waals surface area contributed by atoms with Gasteiger partial charge in [-0.05, 0) is 36.8 Å². The van der Waals surface area contributed by atoms with Crippen molar-refractivity contribution in [2.24, 2.45) is 0 Å². The molecule has 2 rings (SSSR count). The zero-order valence-corrected chi connectivity index (χ0v) is 12.0. The van der Waals surface area contributed by atoms with E-state index >= 15 is 0 Å². The number of anilines is 1. The van der Waals surface area contributed by atoms with Gasteiger partial charge in [-0.1, -0.05) is 13.3 Å². The first-order chi connectivity index (χ1) is 9.24. The number of hydrogen-bond acceptors (Lipinski definition) is 3. The van der Waals surface area contributed by atoms with Gasteiger partial charge in [0.25, 0.3) is 0 Å². The fraction of sp³-hybridized carbons (Fsp3) is 0.533. The van der Waals surface area contributed by atoms with Crippen LogP contribution in [0.25, 0.3) is 0 Å². The zero-order valence-electron chi connectivity index (χ0n) is 11.2. The number of nitrogens with zero attached hydrogens (tertiary/aromatic N) is 2. The third-order valence-electron chi connectivity index (χ3n) is 3.45. The number of benzene rings is 1. The summed E-state index contributed by atoms with van der Waals surface area (Å²) in [5.41, 5.74) is 1.03. The van der Waals surface area contributed by atoms with Crippen LogP contribution in [-0.4, -0.2) is 24.1 Å². The van der Waals surface area contributed by atoms with Crippen molar-refractivity contribution in [3.63, 3.8) is 0 Å². The van der Waals surface area contributed by atoms with Crippen molar-refractivity contribution >= 4 is 17.4 Å². The molecular weight excluding hydrogens is 259 g/mol. The van der Waals surface area contributed by atoms with Crippen molar-refractivity contribution in [2.75, 3.05) is 23.7 Å². The van der Waals surface area contributed by atoms with Crippen molar-refractivity contribution in [1.29, 1.82) is 5.26 Å². The van der Waals surface area contributed by atoms with Crippen molar-refractivity contribution in [2.45, 2.75) is 31.4 Å².